The molecule has 1 amide bonds. The van der Waals surface area contributed by atoms with Crippen molar-refractivity contribution in [3.05, 3.63) is 59.3 Å². The number of rotatable bonds is 4. The minimum Gasteiger partial charge on any atom is -0.465 e. The topological polar surface area (TPSA) is 85.5 Å². The lowest BCUT2D eigenvalue weighted by Gasteiger charge is -2.16. The summed E-state index contributed by atoms with van der Waals surface area (Å²) in [4.78, 5) is 30.0. The average molecular weight is 339 g/mol. The van der Waals surface area contributed by atoms with Crippen molar-refractivity contribution in [3.8, 4) is 0 Å². The molecule has 1 aromatic heterocycles. The summed E-state index contributed by atoms with van der Waals surface area (Å²) >= 11 is 0. The molecule has 3 rings (SSSR count). The highest BCUT2D eigenvalue weighted by Crippen LogP contribution is 2.23. The molecule has 0 bridgehead atoms. The predicted molar refractivity (Wildman–Crippen MR) is 94.1 cm³/mol. The Kier molecular flexibility index (Phi) is 4.97. The molecule has 130 valence electrons. The number of nitrogens with two attached hydrogens (primary N) is 1. The number of esters is 1. The van der Waals surface area contributed by atoms with Crippen LogP contribution in [-0.4, -0.2) is 42.0 Å². The summed E-state index contributed by atoms with van der Waals surface area (Å²) in [6, 6.07) is 10.8. The summed E-state index contributed by atoms with van der Waals surface area (Å²) in [6.45, 7) is 1.43. The van der Waals surface area contributed by atoms with Crippen molar-refractivity contribution in [2.45, 2.75) is 12.8 Å². The van der Waals surface area contributed by atoms with Crippen molar-refractivity contribution in [2.24, 2.45) is 5.92 Å². The Morgan fingerprint density at radius 2 is 2.12 bits per heavy atom. The van der Waals surface area contributed by atoms with Gasteiger partial charge in [-0.2, -0.15) is 0 Å². The van der Waals surface area contributed by atoms with Gasteiger partial charge >= 0.3 is 5.97 Å². The van der Waals surface area contributed by atoms with E-state index < -0.39 is 0 Å². The molecular formula is C19H21N3O3. The quantitative estimate of drug-likeness (QED) is 0.863. The third kappa shape index (κ3) is 3.96. The molecule has 6 heteroatoms. The summed E-state index contributed by atoms with van der Waals surface area (Å²) < 4.78 is 4.76. The number of carbonyl (C=O) groups is 2. The smallest absolute Gasteiger partial charge is 0.337 e. The number of aromatic nitrogens is 1. The molecule has 0 saturated carbocycles. The van der Waals surface area contributed by atoms with E-state index in [2.05, 4.69) is 4.98 Å². The monoisotopic (exact) mass is 339 g/mol. The van der Waals surface area contributed by atoms with Crippen LogP contribution in [0.3, 0.4) is 0 Å². The van der Waals surface area contributed by atoms with E-state index in [1.165, 1.54) is 13.3 Å². The molecule has 0 radical (unpaired) electrons. The number of hydrogen-bond donors (Lipinski definition) is 1. The van der Waals surface area contributed by atoms with Crippen LogP contribution >= 0.6 is 0 Å². The van der Waals surface area contributed by atoms with Gasteiger partial charge in [0.15, 0.2) is 0 Å². The Hall–Kier alpha value is -2.89. The minimum atomic E-state index is -0.332. The van der Waals surface area contributed by atoms with Gasteiger partial charge in [0.1, 0.15) is 5.82 Å². The number of methoxy groups -OCH3 is 1. The Morgan fingerprint density at radius 1 is 1.28 bits per heavy atom. The zero-order chi connectivity index (χ0) is 17.8. The fourth-order valence-corrected chi connectivity index (χ4v) is 3.17. The zero-order valence-electron chi connectivity index (χ0n) is 14.1. The van der Waals surface area contributed by atoms with Crippen LogP contribution in [0.1, 0.15) is 32.7 Å². The largest absolute Gasteiger partial charge is 0.465 e. The number of pyridine rings is 1. The van der Waals surface area contributed by atoms with Crippen molar-refractivity contribution in [1.82, 2.24) is 9.88 Å². The van der Waals surface area contributed by atoms with Gasteiger partial charge < -0.3 is 15.4 Å². The van der Waals surface area contributed by atoms with Gasteiger partial charge in [0.2, 0.25) is 0 Å². The third-order valence-corrected chi connectivity index (χ3v) is 4.48. The summed E-state index contributed by atoms with van der Waals surface area (Å²) in [7, 11) is 1.38. The van der Waals surface area contributed by atoms with Crippen LogP contribution in [0, 0.1) is 5.92 Å². The maximum absolute atomic E-state index is 12.5. The Labute approximate surface area is 146 Å². The molecule has 2 aromatic rings. The van der Waals surface area contributed by atoms with Crippen molar-refractivity contribution in [3.63, 3.8) is 0 Å². The van der Waals surface area contributed by atoms with E-state index in [4.69, 9.17) is 10.5 Å². The molecule has 0 spiro atoms. The highest BCUT2D eigenvalue weighted by molar-refractivity contribution is 5.94. The van der Waals surface area contributed by atoms with Crippen molar-refractivity contribution < 1.29 is 14.3 Å². The number of amides is 1. The van der Waals surface area contributed by atoms with E-state index in [1.807, 2.05) is 23.1 Å². The first-order valence-electron chi connectivity index (χ1n) is 8.25. The minimum absolute atomic E-state index is 0.0155. The van der Waals surface area contributed by atoms with E-state index in [-0.39, 0.29) is 11.9 Å². The molecular weight excluding hydrogens is 318 g/mol. The fourth-order valence-electron chi connectivity index (χ4n) is 3.17. The first-order chi connectivity index (χ1) is 12.1. The highest BCUT2D eigenvalue weighted by Gasteiger charge is 2.27. The van der Waals surface area contributed by atoms with Gasteiger partial charge in [0.05, 0.1) is 18.2 Å². The van der Waals surface area contributed by atoms with Crippen molar-refractivity contribution in [2.75, 3.05) is 25.9 Å². The van der Waals surface area contributed by atoms with Gasteiger partial charge in [-0.1, -0.05) is 12.1 Å². The van der Waals surface area contributed by atoms with Crippen molar-refractivity contribution >= 4 is 17.7 Å². The summed E-state index contributed by atoms with van der Waals surface area (Å²) in [6.07, 6.45) is 3.29. The second-order valence-corrected chi connectivity index (χ2v) is 6.27. The lowest BCUT2D eigenvalue weighted by molar-refractivity contribution is 0.0600. The number of nitrogen functional groups attached to an aromatic ring is 1. The van der Waals surface area contributed by atoms with Crippen LogP contribution in [0.15, 0.2) is 42.6 Å². The normalized spacial score (nSPS) is 16.7. The van der Waals surface area contributed by atoms with Gasteiger partial charge in [-0.25, -0.2) is 9.78 Å². The predicted octanol–water partition coefficient (Wildman–Crippen LogP) is 2.16. The third-order valence-electron chi connectivity index (χ3n) is 4.48. The van der Waals surface area contributed by atoms with Crippen LogP contribution < -0.4 is 5.73 Å². The summed E-state index contributed by atoms with van der Waals surface area (Å²) in [5.41, 5.74) is 7.76. The lowest BCUT2D eigenvalue weighted by atomic mass is 9.97. The maximum Gasteiger partial charge on any atom is 0.337 e. The summed E-state index contributed by atoms with van der Waals surface area (Å²) in [5.74, 6) is 0.430. The van der Waals surface area contributed by atoms with Gasteiger partial charge in [0.25, 0.3) is 5.91 Å². The van der Waals surface area contributed by atoms with Crippen LogP contribution in [0.4, 0.5) is 5.82 Å². The highest BCUT2D eigenvalue weighted by atomic mass is 16.5. The second kappa shape index (κ2) is 7.34. The Balaban J connectivity index is 1.62. The lowest BCUT2D eigenvalue weighted by Crippen LogP contribution is -2.29. The van der Waals surface area contributed by atoms with Gasteiger partial charge in [0, 0.05) is 19.3 Å². The van der Waals surface area contributed by atoms with E-state index in [0.717, 1.165) is 24.9 Å². The van der Waals surface area contributed by atoms with Gasteiger partial charge in [-0.05, 0) is 48.6 Å². The van der Waals surface area contributed by atoms with E-state index in [1.54, 1.807) is 18.2 Å². The van der Waals surface area contributed by atoms with Crippen LogP contribution in [0.2, 0.25) is 0 Å². The molecule has 1 aliphatic heterocycles. The molecule has 0 aliphatic carbocycles. The number of carbonyl (C=O) groups excluding carboxylic acids is 2. The number of nitrogens with zero attached hydrogens (tertiary/aromatic N) is 2. The fraction of sp³-hybridized carbons (Fsp3) is 0.316. The molecule has 1 atom stereocenters. The number of ether oxygens (including phenoxy) is 1. The second-order valence-electron chi connectivity index (χ2n) is 6.27. The molecule has 1 aromatic carbocycles. The number of benzene rings is 1. The number of anilines is 1. The van der Waals surface area contributed by atoms with Crippen LogP contribution in [-0.2, 0) is 11.2 Å². The maximum atomic E-state index is 12.5. The Bertz CT molecular complexity index is 774. The molecule has 1 unspecified atom stereocenters. The number of hydrogen-bond acceptors (Lipinski definition) is 5. The first-order valence-corrected chi connectivity index (χ1v) is 8.25. The summed E-state index contributed by atoms with van der Waals surface area (Å²) in [5, 5.41) is 0. The van der Waals surface area contributed by atoms with E-state index in [9.17, 15) is 9.59 Å². The molecule has 1 fully saturated rings. The number of likely N-dealkylation sites (tertiary alicyclic amines) is 1. The molecule has 6 nitrogen and oxygen atoms in total. The SMILES string of the molecule is COC(=O)c1cccc(CC2CCN(C(=O)c3ccc(N)nc3)C2)c1. The standard InChI is InChI=1S/C19H21N3O3/c1-25-19(24)15-4-2-3-13(10-15)9-14-7-8-22(12-14)18(23)16-5-6-17(20)21-11-16/h2-6,10-11,14H,7-9,12H2,1H3,(H2,20,21). The Morgan fingerprint density at radius 3 is 2.84 bits per heavy atom. The average Bonchev–Trinajstić information content (AvgIpc) is 3.09. The van der Waals surface area contributed by atoms with E-state index in [0.29, 0.717) is 29.4 Å². The molecule has 1 saturated heterocycles. The van der Waals surface area contributed by atoms with Gasteiger partial charge in [-0.3, -0.25) is 4.79 Å². The molecule has 2 N–H and O–H groups in total. The van der Waals surface area contributed by atoms with Crippen molar-refractivity contribution in [1.29, 1.82) is 0 Å². The van der Waals surface area contributed by atoms with Crippen LogP contribution in [0.25, 0.3) is 0 Å². The first kappa shape index (κ1) is 17.0. The van der Waals surface area contributed by atoms with Gasteiger partial charge in [-0.15, -0.1) is 0 Å². The van der Waals surface area contributed by atoms with Crippen LogP contribution in [0.5, 0.6) is 0 Å². The molecule has 1 aliphatic rings. The molecule has 2 heterocycles. The molecule has 25 heavy (non-hydrogen) atoms. The van der Waals surface area contributed by atoms with E-state index >= 15 is 0 Å². The zero-order valence-corrected chi connectivity index (χ0v) is 14.1.